The minimum absolute atomic E-state index is 0.289. The number of thiophene rings is 1. The van der Waals surface area contributed by atoms with Crippen molar-refractivity contribution in [1.29, 1.82) is 0 Å². The van der Waals surface area contributed by atoms with Crippen LogP contribution in [-0.4, -0.2) is 23.4 Å². The maximum Gasteiger partial charge on any atom is 0.271 e. The van der Waals surface area contributed by atoms with Gasteiger partial charge >= 0.3 is 0 Å². The van der Waals surface area contributed by atoms with E-state index in [0.29, 0.717) is 29.0 Å². The molecular formula is C21H20N6O2S2. The third-order valence-corrected chi connectivity index (χ3v) is 7.02. The molecular weight excluding hydrogens is 432 g/mol. The van der Waals surface area contributed by atoms with E-state index in [9.17, 15) is 8.42 Å². The summed E-state index contributed by atoms with van der Waals surface area (Å²) >= 11 is 1.23. The predicted molar refractivity (Wildman–Crippen MR) is 124 cm³/mol. The van der Waals surface area contributed by atoms with Gasteiger partial charge in [0, 0.05) is 28.5 Å². The van der Waals surface area contributed by atoms with Gasteiger partial charge in [0.25, 0.3) is 10.0 Å². The van der Waals surface area contributed by atoms with Crippen molar-refractivity contribution in [3.63, 3.8) is 0 Å². The van der Waals surface area contributed by atoms with Crippen LogP contribution in [-0.2, 0) is 10.0 Å². The molecule has 0 saturated carbocycles. The second-order valence-corrected chi connectivity index (χ2v) is 9.90. The molecule has 0 amide bonds. The molecule has 8 nitrogen and oxygen atoms in total. The summed E-state index contributed by atoms with van der Waals surface area (Å²) in [4.78, 5) is 14.0. The summed E-state index contributed by atoms with van der Waals surface area (Å²) in [5, 5.41) is 6.35. The van der Waals surface area contributed by atoms with Crippen molar-refractivity contribution in [2.24, 2.45) is 0 Å². The number of rotatable bonds is 7. The zero-order valence-electron chi connectivity index (χ0n) is 16.8. The van der Waals surface area contributed by atoms with Crippen LogP contribution in [0.1, 0.15) is 10.7 Å². The lowest BCUT2D eigenvalue weighted by Crippen LogP contribution is -2.11. The summed E-state index contributed by atoms with van der Waals surface area (Å²) in [5.74, 6) is 2.50. The van der Waals surface area contributed by atoms with Gasteiger partial charge in [0.2, 0.25) is 0 Å². The van der Waals surface area contributed by atoms with Crippen molar-refractivity contribution < 1.29 is 8.42 Å². The van der Waals surface area contributed by atoms with E-state index in [1.165, 1.54) is 11.3 Å². The number of hydrogen-bond acceptors (Lipinski definition) is 8. The highest BCUT2D eigenvalue weighted by Gasteiger charge is 2.16. The predicted octanol–water partition coefficient (Wildman–Crippen LogP) is 4.84. The SMILES string of the molecule is Cc1nc(Nc2ccc(NS(=O)(=O)c3ccc(C)s3)cc2)cc(Nc2ccccn2)n1. The van der Waals surface area contributed by atoms with Crippen molar-refractivity contribution in [2.45, 2.75) is 18.1 Å². The molecule has 0 saturated heterocycles. The molecule has 0 fully saturated rings. The highest BCUT2D eigenvalue weighted by molar-refractivity contribution is 7.94. The Morgan fingerprint density at radius 1 is 0.806 bits per heavy atom. The van der Waals surface area contributed by atoms with E-state index >= 15 is 0 Å². The van der Waals surface area contributed by atoms with Gasteiger partial charge in [-0.3, -0.25) is 4.72 Å². The Hall–Kier alpha value is -3.50. The van der Waals surface area contributed by atoms with E-state index in [4.69, 9.17) is 0 Å². The largest absolute Gasteiger partial charge is 0.340 e. The zero-order chi connectivity index (χ0) is 21.8. The lowest BCUT2D eigenvalue weighted by atomic mass is 10.3. The quantitative estimate of drug-likeness (QED) is 0.368. The summed E-state index contributed by atoms with van der Waals surface area (Å²) in [6, 6.07) is 17.7. The third-order valence-electron chi connectivity index (χ3n) is 4.15. The Morgan fingerprint density at radius 2 is 1.52 bits per heavy atom. The van der Waals surface area contributed by atoms with Crippen LogP contribution < -0.4 is 15.4 Å². The minimum Gasteiger partial charge on any atom is -0.340 e. The van der Waals surface area contributed by atoms with Crippen LogP contribution in [0.5, 0.6) is 0 Å². The first-order valence-corrected chi connectivity index (χ1v) is 11.7. The van der Waals surface area contributed by atoms with Crippen LogP contribution in [0.2, 0.25) is 0 Å². The Morgan fingerprint density at radius 3 is 2.16 bits per heavy atom. The van der Waals surface area contributed by atoms with Crippen LogP contribution in [0.25, 0.3) is 0 Å². The zero-order valence-corrected chi connectivity index (χ0v) is 18.5. The average molecular weight is 453 g/mol. The number of aromatic nitrogens is 3. The van der Waals surface area contributed by atoms with Crippen molar-refractivity contribution in [2.75, 3.05) is 15.4 Å². The number of anilines is 5. The fourth-order valence-electron chi connectivity index (χ4n) is 2.80. The molecule has 158 valence electrons. The number of nitrogens with zero attached hydrogens (tertiary/aromatic N) is 3. The molecule has 0 atom stereocenters. The molecule has 0 aliphatic carbocycles. The van der Waals surface area contributed by atoms with Gasteiger partial charge in [-0.1, -0.05) is 6.07 Å². The number of hydrogen-bond donors (Lipinski definition) is 3. The topological polar surface area (TPSA) is 109 Å². The molecule has 1 aromatic carbocycles. The maximum absolute atomic E-state index is 12.5. The number of nitrogens with one attached hydrogen (secondary N) is 3. The third kappa shape index (κ3) is 5.36. The summed E-state index contributed by atoms with van der Waals surface area (Å²) in [6.07, 6.45) is 1.70. The van der Waals surface area contributed by atoms with Crippen LogP contribution in [0.4, 0.5) is 28.8 Å². The van der Waals surface area contributed by atoms with Gasteiger partial charge in [0.15, 0.2) is 0 Å². The van der Waals surface area contributed by atoms with Crippen molar-refractivity contribution in [3.8, 4) is 0 Å². The van der Waals surface area contributed by atoms with Crippen molar-refractivity contribution in [1.82, 2.24) is 15.0 Å². The Labute approximate surface area is 184 Å². The van der Waals surface area contributed by atoms with E-state index in [2.05, 4.69) is 30.3 Å². The van der Waals surface area contributed by atoms with E-state index in [1.807, 2.05) is 25.1 Å². The molecule has 0 aliphatic rings. The van der Waals surface area contributed by atoms with Gasteiger partial charge < -0.3 is 10.6 Å². The summed E-state index contributed by atoms with van der Waals surface area (Å²) < 4.78 is 27.8. The van der Waals surface area contributed by atoms with Gasteiger partial charge in [-0.25, -0.2) is 23.4 Å². The number of benzene rings is 1. The Balaban J connectivity index is 1.46. The second kappa shape index (κ2) is 8.70. The van der Waals surface area contributed by atoms with E-state index in [1.54, 1.807) is 55.6 Å². The summed E-state index contributed by atoms with van der Waals surface area (Å²) in [5.41, 5.74) is 1.24. The number of sulfonamides is 1. The maximum atomic E-state index is 12.5. The molecule has 3 heterocycles. The molecule has 3 aromatic heterocycles. The molecule has 4 rings (SSSR count). The fraction of sp³-hybridized carbons (Fsp3) is 0.0952. The smallest absolute Gasteiger partial charge is 0.271 e. The normalized spacial score (nSPS) is 11.2. The monoisotopic (exact) mass is 452 g/mol. The number of pyridine rings is 1. The molecule has 0 spiro atoms. The molecule has 31 heavy (non-hydrogen) atoms. The van der Waals surface area contributed by atoms with Crippen LogP contribution in [0, 0.1) is 13.8 Å². The summed E-state index contributed by atoms with van der Waals surface area (Å²) in [7, 11) is -3.59. The van der Waals surface area contributed by atoms with Crippen LogP contribution in [0.15, 0.2) is 71.1 Å². The van der Waals surface area contributed by atoms with Gasteiger partial charge in [-0.05, 0) is 62.4 Å². The first kappa shape index (κ1) is 20.8. The molecule has 0 unspecified atom stereocenters. The van der Waals surface area contributed by atoms with Gasteiger partial charge in [-0.15, -0.1) is 11.3 Å². The average Bonchev–Trinajstić information content (AvgIpc) is 3.17. The van der Waals surface area contributed by atoms with Crippen LogP contribution in [0.3, 0.4) is 0 Å². The van der Waals surface area contributed by atoms with Crippen LogP contribution >= 0.6 is 11.3 Å². The van der Waals surface area contributed by atoms with E-state index < -0.39 is 10.0 Å². The first-order valence-electron chi connectivity index (χ1n) is 9.37. The van der Waals surface area contributed by atoms with Gasteiger partial charge in [0.1, 0.15) is 27.5 Å². The second-order valence-electron chi connectivity index (χ2n) is 6.70. The van der Waals surface area contributed by atoms with Gasteiger partial charge in [-0.2, -0.15) is 0 Å². The van der Waals surface area contributed by atoms with Crippen molar-refractivity contribution >= 4 is 50.2 Å². The Bertz CT molecular complexity index is 1290. The summed E-state index contributed by atoms with van der Waals surface area (Å²) in [6.45, 7) is 3.68. The first-order chi connectivity index (χ1) is 14.9. The Kier molecular flexibility index (Phi) is 5.83. The van der Waals surface area contributed by atoms with Gasteiger partial charge in [0.05, 0.1) is 0 Å². The highest BCUT2D eigenvalue weighted by Crippen LogP contribution is 2.25. The molecule has 0 aliphatic heterocycles. The lowest BCUT2D eigenvalue weighted by Gasteiger charge is -2.11. The molecule has 3 N–H and O–H groups in total. The number of aryl methyl sites for hydroxylation is 2. The van der Waals surface area contributed by atoms with E-state index in [-0.39, 0.29) is 4.21 Å². The standard InChI is InChI=1S/C21H20N6O2S2/c1-14-6-11-21(30-14)31(28,29)27-17-9-7-16(8-10-17)25-19-13-20(24-15(2)23-19)26-18-5-3-4-12-22-18/h3-13,27H,1-2H3,(H2,22,23,24,25,26). The van der Waals surface area contributed by atoms with Crippen molar-refractivity contribution in [3.05, 3.63) is 77.6 Å². The lowest BCUT2D eigenvalue weighted by molar-refractivity contribution is 0.603. The molecule has 0 bridgehead atoms. The molecule has 4 aromatic rings. The fourth-order valence-corrected chi connectivity index (χ4v) is 5.14. The molecule has 0 radical (unpaired) electrons. The minimum atomic E-state index is -3.59. The molecule has 10 heteroatoms. The highest BCUT2D eigenvalue weighted by atomic mass is 32.2. The van der Waals surface area contributed by atoms with E-state index in [0.717, 1.165) is 10.6 Å².